The minimum absolute atomic E-state index is 0.0262. The molecule has 0 radical (unpaired) electrons. The van der Waals surface area contributed by atoms with Crippen LogP contribution in [0.15, 0.2) is 78.9 Å². The summed E-state index contributed by atoms with van der Waals surface area (Å²) < 4.78 is 1.57. The van der Waals surface area contributed by atoms with Crippen LogP contribution in [0.1, 0.15) is 19.4 Å². The number of nitrogens with one attached hydrogen (secondary N) is 1. The number of para-hydroxylation sites is 1. The Morgan fingerprint density at radius 1 is 0.914 bits per heavy atom. The van der Waals surface area contributed by atoms with E-state index < -0.39 is 5.54 Å². The van der Waals surface area contributed by atoms with E-state index in [9.17, 15) is 9.59 Å². The molecule has 1 N–H and O–H groups in total. The van der Waals surface area contributed by atoms with Crippen LogP contribution in [0, 0.1) is 0 Å². The number of hydrogen-bond acceptors (Lipinski definition) is 5. The molecule has 180 valence electrons. The summed E-state index contributed by atoms with van der Waals surface area (Å²) in [6.07, 6.45) is 0. The molecule has 1 heterocycles. The largest absolute Gasteiger partial charge is 0.378 e. The van der Waals surface area contributed by atoms with E-state index in [1.807, 2.05) is 97.9 Å². The zero-order chi connectivity index (χ0) is 25.0. The Morgan fingerprint density at radius 2 is 1.57 bits per heavy atom. The van der Waals surface area contributed by atoms with Crippen molar-refractivity contribution in [3.05, 3.63) is 84.4 Å². The lowest BCUT2D eigenvalue weighted by molar-refractivity contribution is -0.145. The molecule has 0 spiro atoms. The highest BCUT2D eigenvalue weighted by Crippen LogP contribution is 2.23. The Labute approximate surface area is 205 Å². The molecule has 0 unspecified atom stereocenters. The highest BCUT2D eigenvalue weighted by atomic mass is 16.2. The number of carbonyl (C=O) groups is 2. The van der Waals surface area contributed by atoms with Crippen molar-refractivity contribution >= 4 is 34.2 Å². The van der Waals surface area contributed by atoms with E-state index >= 15 is 0 Å². The van der Waals surface area contributed by atoms with Gasteiger partial charge in [-0.05, 0) is 55.8 Å². The number of hydrogen-bond donors (Lipinski definition) is 1. The molecule has 2 amide bonds. The van der Waals surface area contributed by atoms with Gasteiger partial charge < -0.3 is 15.1 Å². The SMILES string of the molecule is CN(C)c1ccc(NC(=O)C(C)(C)N(Cc2ccccc2)C(=O)Cn2nnc3ccccc32)cc1. The summed E-state index contributed by atoms with van der Waals surface area (Å²) >= 11 is 0. The molecule has 0 saturated heterocycles. The molecule has 0 bridgehead atoms. The Hall–Kier alpha value is -4.20. The van der Waals surface area contributed by atoms with E-state index in [-0.39, 0.29) is 24.9 Å². The molecule has 8 heteroatoms. The predicted octanol–water partition coefficient (Wildman–Crippen LogP) is 3.94. The average molecular weight is 471 g/mol. The van der Waals surface area contributed by atoms with Crippen LogP contribution in [0.5, 0.6) is 0 Å². The Balaban J connectivity index is 1.59. The number of aromatic nitrogens is 3. The summed E-state index contributed by atoms with van der Waals surface area (Å²) in [6.45, 7) is 3.78. The first kappa shape index (κ1) is 23.9. The second kappa shape index (κ2) is 9.97. The van der Waals surface area contributed by atoms with Gasteiger partial charge in [0.1, 0.15) is 17.6 Å². The number of rotatable bonds is 8. The van der Waals surface area contributed by atoms with E-state index in [0.717, 1.165) is 16.8 Å². The molecule has 4 aromatic rings. The maximum atomic E-state index is 13.6. The van der Waals surface area contributed by atoms with Crippen LogP contribution in [0.25, 0.3) is 11.0 Å². The standard InChI is InChI=1S/C27H30N6O2/c1-27(2,26(35)28-21-14-16-22(17-15-21)31(3)4)32(18-20-10-6-5-7-11-20)25(34)19-33-24-13-9-8-12-23(24)29-30-33/h5-17H,18-19H2,1-4H3,(H,28,35). The van der Waals surface area contributed by atoms with Gasteiger partial charge >= 0.3 is 0 Å². The number of benzene rings is 3. The minimum Gasteiger partial charge on any atom is -0.378 e. The predicted molar refractivity (Wildman–Crippen MR) is 138 cm³/mol. The molecular formula is C27H30N6O2. The van der Waals surface area contributed by atoms with Crippen LogP contribution in [0.3, 0.4) is 0 Å². The minimum atomic E-state index is -1.14. The molecular weight excluding hydrogens is 440 g/mol. The second-order valence-corrected chi connectivity index (χ2v) is 9.16. The molecule has 1 aromatic heterocycles. The Kier molecular flexibility index (Phi) is 6.82. The van der Waals surface area contributed by atoms with Gasteiger partial charge in [0.2, 0.25) is 11.8 Å². The fourth-order valence-corrected chi connectivity index (χ4v) is 3.86. The smallest absolute Gasteiger partial charge is 0.249 e. The molecule has 35 heavy (non-hydrogen) atoms. The van der Waals surface area contributed by atoms with Crippen LogP contribution in [0.2, 0.25) is 0 Å². The molecule has 8 nitrogen and oxygen atoms in total. The van der Waals surface area contributed by atoms with Crippen LogP contribution in [-0.2, 0) is 22.7 Å². The third-order valence-electron chi connectivity index (χ3n) is 6.06. The zero-order valence-electron chi connectivity index (χ0n) is 20.5. The molecule has 0 saturated carbocycles. The maximum absolute atomic E-state index is 13.6. The van der Waals surface area contributed by atoms with Crippen LogP contribution in [0.4, 0.5) is 11.4 Å². The first-order valence-electron chi connectivity index (χ1n) is 11.5. The molecule has 0 atom stereocenters. The summed E-state index contributed by atoms with van der Waals surface area (Å²) in [4.78, 5) is 30.7. The second-order valence-electron chi connectivity index (χ2n) is 9.16. The lowest BCUT2D eigenvalue weighted by Crippen LogP contribution is -2.55. The molecule has 3 aromatic carbocycles. The van der Waals surface area contributed by atoms with Crippen LogP contribution >= 0.6 is 0 Å². The van der Waals surface area contributed by atoms with Crippen molar-refractivity contribution in [1.82, 2.24) is 19.9 Å². The quantitative estimate of drug-likeness (QED) is 0.422. The van der Waals surface area contributed by atoms with Gasteiger partial charge in [0.15, 0.2) is 0 Å². The lowest BCUT2D eigenvalue weighted by atomic mass is 9.99. The van der Waals surface area contributed by atoms with Crippen molar-refractivity contribution in [3.63, 3.8) is 0 Å². The fraction of sp³-hybridized carbons (Fsp3) is 0.259. The normalized spacial score (nSPS) is 11.3. The molecule has 0 fully saturated rings. The number of nitrogens with zero attached hydrogens (tertiary/aromatic N) is 5. The summed E-state index contributed by atoms with van der Waals surface area (Å²) in [6, 6.07) is 24.7. The third kappa shape index (κ3) is 5.32. The van der Waals surface area contributed by atoms with Gasteiger partial charge in [-0.2, -0.15) is 0 Å². The van der Waals surface area contributed by atoms with Gasteiger partial charge in [0.25, 0.3) is 0 Å². The monoisotopic (exact) mass is 470 g/mol. The lowest BCUT2D eigenvalue weighted by Gasteiger charge is -2.37. The maximum Gasteiger partial charge on any atom is 0.249 e. The third-order valence-corrected chi connectivity index (χ3v) is 6.06. The Morgan fingerprint density at radius 3 is 2.26 bits per heavy atom. The van der Waals surface area contributed by atoms with E-state index in [1.54, 1.807) is 23.4 Å². The van der Waals surface area contributed by atoms with Crippen LogP contribution in [-0.4, -0.2) is 51.3 Å². The first-order valence-corrected chi connectivity index (χ1v) is 11.5. The molecule has 4 rings (SSSR count). The summed E-state index contributed by atoms with van der Waals surface area (Å²) in [7, 11) is 3.92. The van der Waals surface area contributed by atoms with E-state index in [0.29, 0.717) is 11.2 Å². The van der Waals surface area contributed by atoms with Gasteiger partial charge in [-0.15, -0.1) is 5.10 Å². The fourth-order valence-electron chi connectivity index (χ4n) is 3.86. The van der Waals surface area contributed by atoms with Gasteiger partial charge in [-0.3, -0.25) is 9.59 Å². The molecule has 0 aliphatic carbocycles. The highest BCUT2D eigenvalue weighted by Gasteiger charge is 2.38. The average Bonchev–Trinajstić information content (AvgIpc) is 3.26. The van der Waals surface area contributed by atoms with E-state index in [1.165, 1.54) is 0 Å². The summed E-state index contributed by atoms with van der Waals surface area (Å²) in [5.41, 5.74) is 2.98. The number of fused-ring (bicyclic) bond motifs is 1. The van der Waals surface area contributed by atoms with Crippen molar-refractivity contribution in [3.8, 4) is 0 Å². The molecule has 0 aliphatic rings. The van der Waals surface area contributed by atoms with Gasteiger partial charge in [0, 0.05) is 32.0 Å². The summed E-state index contributed by atoms with van der Waals surface area (Å²) in [5, 5.41) is 11.3. The van der Waals surface area contributed by atoms with Crippen molar-refractivity contribution < 1.29 is 9.59 Å². The van der Waals surface area contributed by atoms with E-state index in [2.05, 4.69) is 15.6 Å². The number of anilines is 2. The first-order chi connectivity index (χ1) is 16.8. The van der Waals surface area contributed by atoms with E-state index in [4.69, 9.17) is 0 Å². The highest BCUT2D eigenvalue weighted by molar-refractivity contribution is 6.00. The van der Waals surface area contributed by atoms with Crippen molar-refractivity contribution in [2.75, 3.05) is 24.3 Å². The zero-order valence-corrected chi connectivity index (χ0v) is 20.5. The van der Waals surface area contributed by atoms with Crippen molar-refractivity contribution in [2.45, 2.75) is 32.5 Å². The topological polar surface area (TPSA) is 83.4 Å². The Bertz CT molecular complexity index is 1310. The number of amides is 2. The van der Waals surface area contributed by atoms with Crippen LogP contribution < -0.4 is 10.2 Å². The van der Waals surface area contributed by atoms with Gasteiger partial charge in [-0.25, -0.2) is 4.68 Å². The van der Waals surface area contributed by atoms with Gasteiger partial charge in [-0.1, -0.05) is 47.7 Å². The van der Waals surface area contributed by atoms with Crippen molar-refractivity contribution in [2.24, 2.45) is 0 Å². The molecule has 0 aliphatic heterocycles. The summed E-state index contributed by atoms with van der Waals surface area (Å²) in [5.74, 6) is -0.504. The van der Waals surface area contributed by atoms with Crippen molar-refractivity contribution in [1.29, 1.82) is 0 Å². The van der Waals surface area contributed by atoms with Gasteiger partial charge in [0.05, 0.1) is 5.52 Å². The number of carbonyl (C=O) groups excluding carboxylic acids is 2.